The van der Waals surface area contributed by atoms with Crippen molar-refractivity contribution < 1.29 is 14.7 Å². The van der Waals surface area contributed by atoms with E-state index in [9.17, 15) is 9.59 Å². The van der Waals surface area contributed by atoms with Gasteiger partial charge in [-0.3, -0.25) is 9.59 Å². The van der Waals surface area contributed by atoms with Crippen LogP contribution in [0.5, 0.6) is 0 Å². The van der Waals surface area contributed by atoms with Gasteiger partial charge in [-0.15, -0.1) is 0 Å². The Morgan fingerprint density at radius 1 is 1.17 bits per heavy atom. The summed E-state index contributed by atoms with van der Waals surface area (Å²) in [6.07, 6.45) is 1.20. The van der Waals surface area contributed by atoms with Crippen molar-refractivity contribution in [3.63, 3.8) is 0 Å². The molecule has 1 aromatic carbocycles. The summed E-state index contributed by atoms with van der Waals surface area (Å²) >= 11 is 0. The lowest BCUT2D eigenvalue weighted by Gasteiger charge is -2.08. The second-order valence-electron chi connectivity index (χ2n) is 5.22. The van der Waals surface area contributed by atoms with Crippen molar-refractivity contribution in [2.45, 2.75) is 19.3 Å². The van der Waals surface area contributed by atoms with E-state index in [-0.39, 0.29) is 30.4 Å². The molecule has 2 aromatic rings. The van der Waals surface area contributed by atoms with Crippen LogP contribution in [-0.2, 0) is 6.42 Å². The number of nitrogens with one attached hydrogen (secondary N) is 1. The lowest BCUT2D eigenvalue weighted by molar-refractivity contribution is 0.0958. The number of pyridine rings is 1. The fourth-order valence-electron chi connectivity index (χ4n) is 2.27. The number of aliphatic hydroxyl groups is 1. The molecule has 0 saturated heterocycles. The first-order chi connectivity index (χ1) is 11.1. The zero-order chi connectivity index (χ0) is 16.7. The molecule has 1 amide bonds. The molecule has 1 heterocycles. The molecule has 1 aromatic heterocycles. The molecule has 0 fully saturated rings. The number of ketones is 1. The molecule has 0 spiro atoms. The molecular formula is C18H20N2O3. The number of rotatable bonds is 7. The van der Waals surface area contributed by atoms with Gasteiger partial charge in [-0.05, 0) is 24.1 Å². The molecule has 0 saturated carbocycles. The van der Waals surface area contributed by atoms with E-state index in [1.165, 1.54) is 13.1 Å². The summed E-state index contributed by atoms with van der Waals surface area (Å²) in [6, 6.07) is 13.0. The predicted octanol–water partition coefficient (Wildman–Crippen LogP) is 1.99. The Morgan fingerprint density at radius 3 is 2.57 bits per heavy atom. The number of hydrogen-bond donors (Lipinski definition) is 2. The van der Waals surface area contributed by atoms with E-state index in [2.05, 4.69) is 10.3 Å². The molecule has 5 nitrogen and oxygen atoms in total. The van der Waals surface area contributed by atoms with Crippen molar-refractivity contribution in [1.82, 2.24) is 10.3 Å². The first-order valence-electron chi connectivity index (χ1n) is 7.55. The summed E-state index contributed by atoms with van der Waals surface area (Å²) in [4.78, 5) is 28.4. The Hall–Kier alpha value is -2.53. The smallest absolute Gasteiger partial charge is 0.269 e. The summed E-state index contributed by atoms with van der Waals surface area (Å²) in [5.74, 6) is -0.419. The van der Waals surface area contributed by atoms with Gasteiger partial charge in [-0.1, -0.05) is 30.3 Å². The second kappa shape index (κ2) is 8.19. The van der Waals surface area contributed by atoms with E-state index in [1.54, 1.807) is 6.07 Å². The molecule has 0 aliphatic carbocycles. The van der Waals surface area contributed by atoms with Crippen LogP contribution in [0.1, 0.15) is 44.9 Å². The highest BCUT2D eigenvalue weighted by atomic mass is 16.3. The molecule has 5 heteroatoms. The molecule has 0 bridgehead atoms. The van der Waals surface area contributed by atoms with Crippen molar-refractivity contribution in [1.29, 1.82) is 0 Å². The number of carbonyl (C=O) groups excluding carboxylic acids is 2. The van der Waals surface area contributed by atoms with Gasteiger partial charge in [-0.2, -0.15) is 0 Å². The summed E-state index contributed by atoms with van der Waals surface area (Å²) < 4.78 is 0. The van der Waals surface area contributed by atoms with Gasteiger partial charge in [0.25, 0.3) is 5.91 Å². The molecule has 0 aliphatic heterocycles. The van der Waals surface area contributed by atoms with E-state index in [0.29, 0.717) is 24.1 Å². The highest BCUT2D eigenvalue weighted by molar-refractivity contribution is 5.99. The number of hydrogen-bond acceptors (Lipinski definition) is 4. The van der Waals surface area contributed by atoms with E-state index >= 15 is 0 Å². The van der Waals surface area contributed by atoms with Gasteiger partial charge in [-0.25, -0.2) is 4.98 Å². The maximum absolute atomic E-state index is 12.2. The van der Waals surface area contributed by atoms with Crippen molar-refractivity contribution in [2.24, 2.45) is 0 Å². The third kappa shape index (κ3) is 4.72. The van der Waals surface area contributed by atoms with Crippen LogP contribution in [0.4, 0.5) is 0 Å². The minimum absolute atomic E-state index is 0.0317. The van der Waals surface area contributed by atoms with Crippen LogP contribution in [-0.4, -0.2) is 35.4 Å². The van der Waals surface area contributed by atoms with Crippen LogP contribution in [0.2, 0.25) is 0 Å². The van der Waals surface area contributed by atoms with Crippen LogP contribution in [0, 0.1) is 0 Å². The third-order valence-electron chi connectivity index (χ3n) is 3.45. The molecule has 0 unspecified atom stereocenters. The lowest BCUT2D eigenvalue weighted by Crippen LogP contribution is -2.20. The quantitative estimate of drug-likeness (QED) is 0.766. The molecule has 2 N–H and O–H groups in total. The highest BCUT2D eigenvalue weighted by Crippen LogP contribution is 2.14. The van der Waals surface area contributed by atoms with Gasteiger partial charge in [0.05, 0.1) is 0 Å². The van der Waals surface area contributed by atoms with Gasteiger partial charge >= 0.3 is 0 Å². The number of amides is 1. The van der Waals surface area contributed by atoms with Gasteiger partial charge in [0.2, 0.25) is 0 Å². The van der Waals surface area contributed by atoms with Gasteiger partial charge in [0.1, 0.15) is 5.69 Å². The molecule has 0 radical (unpaired) electrons. The highest BCUT2D eigenvalue weighted by Gasteiger charge is 2.14. The molecule has 2 rings (SSSR count). The third-order valence-corrected chi connectivity index (χ3v) is 3.45. The normalized spacial score (nSPS) is 10.3. The zero-order valence-electron chi connectivity index (χ0n) is 13.1. The van der Waals surface area contributed by atoms with Crippen molar-refractivity contribution in [3.8, 4) is 0 Å². The number of aromatic nitrogens is 1. The number of carbonyl (C=O) groups is 2. The van der Waals surface area contributed by atoms with Crippen LogP contribution in [0.15, 0.2) is 42.5 Å². The fraction of sp³-hybridized carbons (Fsp3) is 0.278. The minimum Gasteiger partial charge on any atom is -0.396 e. The maximum Gasteiger partial charge on any atom is 0.269 e. The van der Waals surface area contributed by atoms with Crippen LogP contribution in [0.25, 0.3) is 0 Å². The van der Waals surface area contributed by atoms with E-state index in [1.807, 2.05) is 30.3 Å². The number of aliphatic hydroxyl groups excluding tert-OH is 1. The first-order valence-corrected chi connectivity index (χ1v) is 7.55. The largest absolute Gasteiger partial charge is 0.396 e. The Morgan fingerprint density at radius 2 is 1.91 bits per heavy atom. The van der Waals surface area contributed by atoms with Crippen molar-refractivity contribution >= 4 is 11.7 Å². The van der Waals surface area contributed by atoms with Crippen molar-refractivity contribution in [3.05, 3.63) is 65.0 Å². The van der Waals surface area contributed by atoms with E-state index < -0.39 is 0 Å². The van der Waals surface area contributed by atoms with Gasteiger partial charge in [0, 0.05) is 37.8 Å². The summed E-state index contributed by atoms with van der Waals surface area (Å²) in [5.41, 5.74) is 2.42. The lowest BCUT2D eigenvalue weighted by atomic mass is 10.0. The summed E-state index contributed by atoms with van der Waals surface area (Å²) in [6.45, 7) is -0.0317. The summed E-state index contributed by atoms with van der Waals surface area (Å²) in [7, 11) is 1.53. The maximum atomic E-state index is 12.2. The predicted molar refractivity (Wildman–Crippen MR) is 87.5 cm³/mol. The van der Waals surface area contributed by atoms with Crippen LogP contribution in [0.3, 0.4) is 0 Å². The van der Waals surface area contributed by atoms with E-state index in [4.69, 9.17) is 5.11 Å². The van der Waals surface area contributed by atoms with E-state index in [0.717, 1.165) is 5.56 Å². The molecule has 0 aliphatic rings. The molecule has 120 valence electrons. The molecule has 0 atom stereocenters. The monoisotopic (exact) mass is 312 g/mol. The standard InChI is InChI=1S/C18H20N2O3/c1-19-18(23)16-12-14(17(22)8-5-9-21)11-15(20-16)10-13-6-3-2-4-7-13/h2-4,6-7,11-12,21H,5,8-10H2,1H3,(H,19,23). The van der Waals surface area contributed by atoms with Gasteiger partial charge < -0.3 is 10.4 Å². The van der Waals surface area contributed by atoms with Crippen LogP contribution >= 0.6 is 0 Å². The topological polar surface area (TPSA) is 79.3 Å². The van der Waals surface area contributed by atoms with Gasteiger partial charge in [0.15, 0.2) is 5.78 Å². The SMILES string of the molecule is CNC(=O)c1cc(C(=O)CCCO)cc(Cc2ccccc2)n1. The fourth-order valence-corrected chi connectivity index (χ4v) is 2.27. The average Bonchev–Trinajstić information content (AvgIpc) is 2.59. The molecule has 23 heavy (non-hydrogen) atoms. The van der Waals surface area contributed by atoms with Crippen molar-refractivity contribution in [2.75, 3.05) is 13.7 Å². The minimum atomic E-state index is -0.323. The average molecular weight is 312 g/mol. The Bertz CT molecular complexity index is 684. The zero-order valence-corrected chi connectivity index (χ0v) is 13.1. The number of benzene rings is 1. The summed E-state index contributed by atoms with van der Waals surface area (Å²) in [5, 5.41) is 11.4. The number of nitrogens with zero attached hydrogens (tertiary/aromatic N) is 1. The second-order valence-corrected chi connectivity index (χ2v) is 5.22. The first kappa shape index (κ1) is 16.8. The Labute approximate surface area is 135 Å². The molecular weight excluding hydrogens is 292 g/mol. The number of Topliss-reactive ketones (excluding diaryl/α,β-unsaturated/α-hetero) is 1. The Balaban J connectivity index is 2.33. The Kier molecular flexibility index (Phi) is 6.00. The van der Waals surface area contributed by atoms with Crippen LogP contribution < -0.4 is 5.32 Å².